The molecule has 0 saturated heterocycles. The molecule has 3 aromatic rings. The first-order valence-electron chi connectivity index (χ1n) is 7.64. The number of carbonyl (C=O) groups is 1. The maximum absolute atomic E-state index is 12.4. The quantitative estimate of drug-likeness (QED) is 0.703. The molecule has 6 nitrogen and oxygen atoms in total. The van der Waals surface area contributed by atoms with Gasteiger partial charge in [-0.3, -0.25) is 4.79 Å². The monoisotopic (exact) mass is 337 g/mol. The number of carbonyl (C=O) groups excluding carboxylic acids is 1. The van der Waals surface area contributed by atoms with Crippen LogP contribution < -0.4 is 5.32 Å². The van der Waals surface area contributed by atoms with Gasteiger partial charge >= 0.3 is 0 Å². The molecular formula is C17H15N5OS. The van der Waals surface area contributed by atoms with Crippen LogP contribution in [0.15, 0.2) is 17.6 Å². The number of fused-ring (bicyclic) bond motifs is 1. The Morgan fingerprint density at radius 2 is 2.17 bits per heavy atom. The number of nitrogens with one attached hydrogen (secondary N) is 2. The molecule has 0 radical (unpaired) electrons. The van der Waals surface area contributed by atoms with Gasteiger partial charge in [-0.1, -0.05) is 0 Å². The van der Waals surface area contributed by atoms with Crippen LogP contribution in [-0.4, -0.2) is 31.4 Å². The molecule has 0 atom stereocenters. The van der Waals surface area contributed by atoms with E-state index in [-0.39, 0.29) is 17.3 Å². The van der Waals surface area contributed by atoms with Gasteiger partial charge in [0.15, 0.2) is 0 Å². The van der Waals surface area contributed by atoms with Crippen molar-refractivity contribution in [1.82, 2.24) is 25.3 Å². The third-order valence-electron chi connectivity index (χ3n) is 3.96. The van der Waals surface area contributed by atoms with Gasteiger partial charge in [0.25, 0.3) is 5.91 Å². The third-order valence-corrected chi connectivity index (χ3v) is 4.74. The molecule has 7 heteroatoms. The van der Waals surface area contributed by atoms with E-state index in [1.54, 1.807) is 17.5 Å². The molecule has 1 amide bonds. The van der Waals surface area contributed by atoms with Gasteiger partial charge in [0.2, 0.25) is 5.82 Å². The lowest BCUT2D eigenvalue weighted by molar-refractivity contribution is 0.0925. The van der Waals surface area contributed by atoms with Crippen LogP contribution in [0.5, 0.6) is 0 Å². The molecular weight excluding hydrogens is 322 g/mol. The van der Waals surface area contributed by atoms with E-state index in [0.717, 1.165) is 23.2 Å². The van der Waals surface area contributed by atoms with Crippen LogP contribution >= 0.6 is 11.3 Å². The number of hydrogen-bond acceptors (Lipinski definition) is 5. The van der Waals surface area contributed by atoms with Gasteiger partial charge in [-0.25, -0.2) is 15.0 Å². The van der Waals surface area contributed by atoms with E-state index in [4.69, 9.17) is 0 Å². The van der Waals surface area contributed by atoms with E-state index in [0.29, 0.717) is 17.0 Å². The van der Waals surface area contributed by atoms with E-state index in [2.05, 4.69) is 37.1 Å². The van der Waals surface area contributed by atoms with Crippen molar-refractivity contribution in [3.63, 3.8) is 0 Å². The highest BCUT2D eigenvalue weighted by Crippen LogP contribution is 2.34. The fourth-order valence-corrected chi connectivity index (χ4v) is 2.87. The van der Waals surface area contributed by atoms with Crippen molar-refractivity contribution >= 4 is 28.3 Å². The lowest BCUT2D eigenvalue weighted by Gasteiger charge is -2.10. The highest BCUT2D eigenvalue weighted by molar-refractivity contribution is 7.09. The molecule has 1 fully saturated rings. The van der Waals surface area contributed by atoms with Gasteiger partial charge in [-0.2, -0.15) is 0 Å². The van der Waals surface area contributed by atoms with Crippen LogP contribution in [0.25, 0.3) is 11.0 Å². The molecule has 1 aliphatic rings. The lowest BCUT2D eigenvalue weighted by Crippen LogP contribution is -2.35. The molecule has 0 bridgehead atoms. The minimum Gasteiger partial charge on any atom is -0.346 e. The predicted octanol–water partition coefficient (Wildman–Crippen LogP) is 2.40. The maximum Gasteiger partial charge on any atom is 0.289 e. The van der Waals surface area contributed by atoms with E-state index in [1.807, 2.05) is 25.3 Å². The fraction of sp³-hybridized carbons (Fsp3) is 0.294. The largest absolute Gasteiger partial charge is 0.346 e. The van der Waals surface area contributed by atoms with E-state index >= 15 is 0 Å². The summed E-state index contributed by atoms with van der Waals surface area (Å²) in [5, 5.41) is 6.63. The highest BCUT2D eigenvalue weighted by Gasteiger charge is 2.39. The Hall–Kier alpha value is -2.72. The van der Waals surface area contributed by atoms with E-state index in [9.17, 15) is 4.79 Å². The first-order chi connectivity index (χ1) is 11.5. The zero-order valence-corrected chi connectivity index (χ0v) is 14.1. The molecule has 24 heavy (non-hydrogen) atoms. The summed E-state index contributed by atoms with van der Waals surface area (Å²) in [7, 11) is 0. The molecule has 0 spiro atoms. The average Bonchev–Trinajstić information content (AvgIpc) is 2.96. The molecule has 0 aliphatic heterocycles. The number of nitrogens with zero attached hydrogens (tertiary/aromatic N) is 3. The highest BCUT2D eigenvalue weighted by atomic mass is 32.1. The lowest BCUT2D eigenvalue weighted by atomic mass is 10.2. The number of H-pyrrole nitrogens is 1. The minimum absolute atomic E-state index is 0.116. The SMILES string of the molecule is Cc1nc(C#Cc2nc(C(=O)NC3(C)CC3)nc3[nH]ccc23)cs1. The smallest absolute Gasteiger partial charge is 0.289 e. The van der Waals surface area contributed by atoms with Gasteiger partial charge in [0.1, 0.15) is 17.0 Å². The van der Waals surface area contributed by atoms with Crippen LogP contribution in [0.1, 0.15) is 46.8 Å². The van der Waals surface area contributed by atoms with E-state index < -0.39 is 0 Å². The molecule has 0 aromatic carbocycles. The van der Waals surface area contributed by atoms with E-state index in [1.165, 1.54) is 0 Å². The molecule has 0 unspecified atom stereocenters. The molecule has 120 valence electrons. The van der Waals surface area contributed by atoms with Crippen molar-refractivity contribution in [1.29, 1.82) is 0 Å². The minimum atomic E-state index is -0.265. The number of rotatable bonds is 2. The number of amides is 1. The van der Waals surface area contributed by atoms with Gasteiger partial charge in [-0.15, -0.1) is 11.3 Å². The number of thiazole rings is 1. The summed E-state index contributed by atoms with van der Waals surface area (Å²) < 4.78 is 0. The molecule has 1 aliphatic carbocycles. The Balaban J connectivity index is 1.72. The third kappa shape index (κ3) is 2.88. The maximum atomic E-state index is 12.4. The number of aryl methyl sites for hydroxylation is 1. The predicted molar refractivity (Wildman–Crippen MR) is 91.8 cm³/mol. The van der Waals surface area contributed by atoms with Crippen molar-refractivity contribution in [2.45, 2.75) is 32.2 Å². The molecule has 3 aromatic heterocycles. The van der Waals surface area contributed by atoms with Gasteiger partial charge in [0, 0.05) is 17.1 Å². The Morgan fingerprint density at radius 1 is 1.33 bits per heavy atom. The van der Waals surface area contributed by atoms with Crippen molar-refractivity contribution < 1.29 is 4.79 Å². The second-order valence-electron chi connectivity index (χ2n) is 6.15. The summed E-state index contributed by atoms with van der Waals surface area (Å²) in [6, 6.07) is 1.86. The second-order valence-corrected chi connectivity index (χ2v) is 7.21. The van der Waals surface area contributed by atoms with Crippen LogP contribution in [0.4, 0.5) is 0 Å². The molecule has 2 N–H and O–H groups in total. The summed E-state index contributed by atoms with van der Waals surface area (Å²) in [6.07, 6.45) is 3.74. The normalized spacial score (nSPS) is 14.9. The summed E-state index contributed by atoms with van der Waals surface area (Å²) >= 11 is 1.55. The fourth-order valence-electron chi connectivity index (χ4n) is 2.32. The standard InChI is InChI=1S/C17H15N5OS/c1-10-19-11(9-24-10)3-4-13-12-5-8-18-14(12)21-15(20-13)16(23)22-17(2)6-7-17/h5,8-9H,6-7H2,1-2H3,(H,22,23)(H,18,20,21). The topological polar surface area (TPSA) is 83.6 Å². The van der Waals surface area contributed by atoms with Gasteiger partial charge in [0.05, 0.1) is 10.4 Å². The molecule has 3 heterocycles. The summed E-state index contributed by atoms with van der Waals surface area (Å²) in [4.78, 5) is 28.4. The first kappa shape index (κ1) is 14.8. The molecule has 4 rings (SSSR count). The summed E-state index contributed by atoms with van der Waals surface area (Å²) in [6.45, 7) is 3.95. The molecule has 1 saturated carbocycles. The zero-order valence-electron chi connectivity index (χ0n) is 13.3. The first-order valence-corrected chi connectivity index (χ1v) is 8.52. The van der Waals surface area contributed by atoms with Crippen LogP contribution in [0.3, 0.4) is 0 Å². The van der Waals surface area contributed by atoms with Crippen molar-refractivity contribution in [2.24, 2.45) is 0 Å². The number of aromatic amines is 1. The Kier molecular flexibility index (Phi) is 3.36. The van der Waals surface area contributed by atoms with Gasteiger partial charge < -0.3 is 10.3 Å². The van der Waals surface area contributed by atoms with Crippen molar-refractivity contribution in [2.75, 3.05) is 0 Å². The summed E-state index contributed by atoms with van der Waals surface area (Å²) in [5.74, 6) is 5.90. The Morgan fingerprint density at radius 3 is 2.88 bits per heavy atom. The van der Waals surface area contributed by atoms with Gasteiger partial charge in [-0.05, 0) is 44.6 Å². The van der Waals surface area contributed by atoms with Crippen LogP contribution in [0.2, 0.25) is 0 Å². The number of hydrogen-bond donors (Lipinski definition) is 2. The van der Waals surface area contributed by atoms with Crippen molar-refractivity contribution in [3.8, 4) is 11.8 Å². The van der Waals surface area contributed by atoms with Crippen molar-refractivity contribution in [3.05, 3.63) is 39.9 Å². The average molecular weight is 337 g/mol. The Labute approximate surface area is 142 Å². The second kappa shape index (κ2) is 5.42. The van der Waals surface area contributed by atoms with Crippen LogP contribution in [-0.2, 0) is 0 Å². The Bertz CT molecular complexity index is 1000. The van der Waals surface area contributed by atoms with Crippen LogP contribution in [0, 0.1) is 18.8 Å². The summed E-state index contributed by atoms with van der Waals surface area (Å²) in [5.41, 5.74) is 1.72. The zero-order chi connectivity index (χ0) is 16.7. The number of aromatic nitrogens is 4.